The number of carbonyl (C=O) groups is 1. The number of unbranched alkanes of at least 4 members (excludes halogenated alkanes) is 1. The molecule has 0 aromatic heterocycles. The summed E-state index contributed by atoms with van der Waals surface area (Å²) in [4.78, 5) is 20.4. The van der Waals surface area contributed by atoms with Crippen LogP contribution >= 0.6 is 0 Å². The minimum absolute atomic E-state index is 0.0318. The number of amides is 1. The zero-order valence-corrected chi connectivity index (χ0v) is 17.5. The van der Waals surface area contributed by atoms with Crippen LogP contribution in [-0.2, 0) is 11.2 Å². The van der Waals surface area contributed by atoms with Gasteiger partial charge >= 0.3 is 0 Å². The van der Waals surface area contributed by atoms with Gasteiger partial charge in [-0.1, -0.05) is 12.1 Å². The van der Waals surface area contributed by atoms with Crippen molar-refractivity contribution >= 4 is 11.9 Å². The Kier molecular flexibility index (Phi) is 9.79. The van der Waals surface area contributed by atoms with Crippen LogP contribution in [0.1, 0.15) is 28.8 Å². The van der Waals surface area contributed by atoms with Crippen LogP contribution in [0.15, 0.2) is 29.3 Å². The van der Waals surface area contributed by atoms with Crippen LogP contribution in [0.3, 0.4) is 0 Å². The van der Waals surface area contributed by atoms with Crippen molar-refractivity contribution in [3.63, 3.8) is 0 Å². The molecule has 0 unspecified atom stereocenters. The lowest BCUT2D eigenvalue weighted by Crippen LogP contribution is -2.39. The maximum absolute atomic E-state index is 12.1. The zero-order chi connectivity index (χ0) is 20.2. The van der Waals surface area contributed by atoms with Gasteiger partial charge in [-0.15, -0.1) is 0 Å². The SMILES string of the molecule is CN=C(NCCCCN1CCOCC1)NCCc1cccc(C(=O)N(C)C)c1. The summed E-state index contributed by atoms with van der Waals surface area (Å²) in [5.41, 5.74) is 1.87. The smallest absolute Gasteiger partial charge is 0.253 e. The zero-order valence-electron chi connectivity index (χ0n) is 17.5. The van der Waals surface area contributed by atoms with E-state index in [1.54, 1.807) is 26.0 Å². The second-order valence-electron chi connectivity index (χ2n) is 7.24. The molecule has 1 amide bonds. The largest absolute Gasteiger partial charge is 0.379 e. The molecule has 0 spiro atoms. The third kappa shape index (κ3) is 7.86. The Morgan fingerprint density at radius 2 is 1.93 bits per heavy atom. The lowest BCUT2D eigenvalue weighted by atomic mass is 10.1. The average Bonchev–Trinajstić information content (AvgIpc) is 2.72. The fraction of sp³-hybridized carbons (Fsp3) is 0.619. The second kappa shape index (κ2) is 12.4. The summed E-state index contributed by atoms with van der Waals surface area (Å²) in [6.45, 7) is 6.65. The summed E-state index contributed by atoms with van der Waals surface area (Å²) in [5.74, 6) is 0.858. The Hall–Kier alpha value is -2.12. The number of benzene rings is 1. The number of nitrogens with one attached hydrogen (secondary N) is 2. The molecule has 7 heteroatoms. The maximum atomic E-state index is 12.1. The van der Waals surface area contributed by atoms with Gasteiger partial charge in [0.1, 0.15) is 0 Å². The second-order valence-corrected chi connectivity index (χ2v) is 7.24. The van der Waals surface area contributed by atoms with E-state index in [0.717, 1.165) is 75.9 Å². The van der Waals surface area contributed by atoms with Gasteiger partial charge in [-0.2, -0.15) is 0 Å². The molecule has 1 heterocycles. The third-order valence-corrected chi connectivity index (χ3v) is 4.81. The van der Waals surface area contributed by atoms with Crippen molar-refractivity contribution in [2.24, 2.45) is 4.99 Å². The molecule has 0 bridgehead atoms. The van der Waals surface area contributed by atoms with Gasteiger partial charge in [0.15, 0.2) is 5.96 Å². The first-order valence-electron chi connectivity index (χ1n) is 10.2. The highest BCUT2D eigenvalue weighted by Crippen LogP contribution is 2.07. The van der Waals surface area contributed by atoms with Crippen molar-refractivity contribution in [3.05, 3.63) is 35.4 Å². The highest BCUT2D eigenvalue weighted by atomic mass is 16.5. The molecule has 1 saturated heterocycles. The Bertz CT molecular complexity index is 627. The first-order chi connectivity index (χ1) is 13.6. The lowest BCUT2D eigenvalue weighted by molar-refractivity contribution is 0.0372. The molecule has 0 radical (unpaired) electrons. The van der Waals surface area contributed by atoms with Gasteiger partial charge in [0.2, 0.25) is 0 Å². The molecule has 1 fully saturated rings. The van der Waals surface area contributed by atoms with Crippen molar-refractivity contribution in [1.29, 1.82) is 0 Å². The van der Waals surface area contributed by atoms with Crippen LogP contribution in [0.5, 0.6) is 0 Å². The molecule has 1 aromatic rings. The van der Waals surface area contributed by atoms with E-state index < -0.39 is 0 Å². The Morgan fingerprint density at radius 3 is 2.64 bits per heavy atom. The van der Waals surface area contributed by atoms with E-state index in [2.05, 4.69) is 26.6 Å². The molecule has 2 rings (SSSR count). The van der Waals surface area contributed by atoms with E-state index in [4.69, 9.17) is 4.74 Å². The van der Waals surface area contributed by atoms with Gasteiger partial charge in [-0.05, 0) is 43.5 Å². The summed E-state index contributed by atoms with van der Waals surface area (Å²) in [5, 5.41) is 6.72. The van der Waals surface area contributed by atoms with Crippen LogP contribution in [0.4, 0.5) is 0 Å². The molecule has 2 N–H and O–H groups in total. The maximum Gasteiger partial charge on any atom is 0.253 e. The summed E-state index contributed by atoms with van der Waals surface area (Å²) >= 11 is 0. The topological polar surface area (TPSA) is 69.2 Å². The van der Waals surface area contributed by atoms with Crippen LogP contribution in [0, 0.1) is 0 Å². The summed E-state index contributed by atoms with van der Waals surface area (Å²) in [6.07, 6.45) is 3.13. The van der Waals surface area contributed by atoms with Crippen molar-refractivity contribution in [2.75, 3.05) is 67.1 Å². The molecule has 0 aliphatic carbocycles. The van der Waals surface area contributed by atoms with Crippen LogP contribution in [0.25, 0.3) is 0 Å². The minimum atomic E-state index is 0.0318. The molecule has 0 saturated carbocycles. The number of hydrogen-bond donors (Lipinski definition) is 2. The summed E-state index contributed by atoms with van der Waals surface area (Å²) < 4.78 is 5.37. The summed E-state index contributed by atoms with van der Waals surface area (Å²) in [6, 6.07) is 7.81. The minimum Gasteiger partial charge on any atom is -0.379 e. The number of rotatable bonds is 9. The number of guanidine groups is 1. The number of aliphatic imine (C=N–C) groups is 1. The van der Waals surface area contributed by atoms with Gasteiger partial charge < -0.3 is 20.3 Å². The summed E-state index contributed by atoms with van der Waals surface area (Å²) in [7, 11) is 5.33. The number of ether oxygens (including phenoxy) is 1. The third-order valence-electron chi connectivity index (χ3n) is 4.81. The standard InChI is InChI=1S/C21H35N5O2/c1-22-21(23-10-4-5-12-26-13-15-28-16-14-26)24-11-9-18-7-6-8-19(17-18)20(27)25(2)3/h6-8,17H,4-5,9-16H2,1-3H3,(H2,22,23,24). The van der Waals surface area contributed by atoms with E-state index in [1.165, 1.54) is 6.42 Å². The predicted octanol–water partition coefficient (Wildman–Crippen LogP) is 1.21. The normalized spacial score (nSPS) is 15.3. The predicted molar refractivity (Wildman–Crippen MR) is 114 cm³/mol. The molecule has 0 atom stereocenters. The average molecular weight is 390 g/mol. The van der Waals surface area contributed by atoms with Crippen molar-refractivity contribution < 1.29 is 9.53 Å². The molecule has 1 aliphatic rings. The monoisotopic (exact) mass is 389 g/mol. The van der Waals surface area contributed by atoms with Crippen molar-refractivity contribution in [1.82, 2.24) is 20.4 Å². The van der Waals surface area contributed by atoms with Gasteiger partial charge in [-0.3, -0.25) is 14.7 Å². The van der Waals surface area contributed by atoms with E-state index in [0.29, 0.717) is 0 Å². The molecule has 7 nitrogen and oxygen atoms in total. The highest BCUT2D eigenvalue weighted by molar-refractivity contribution is 5.94. The Morgan fingerprint density at radius 1 is 1.18 bits per heavy atom. The first-order valence-corrected chi connectivity index (χ1v) is 10.2. The van der Waals surface area contributed by atoms with E-state index in [1.807, 2.05) is 18.2 Å². The molecule has 1 aromatic carbocycles. The van der Waals surface area contributed by atoms with E-state index >= 15 is 0 Å². The van der Waals surface area contributed by atoms with Gasteiger partial charge in [0, 0.05) is 52.9 Å². The molecular weight excluding hydrogens is 354 g/mol. The molecule has 28 heavy (non-hydrogen) atoms. The fourth-order valence-electron chi connectivity index (χ4n) is 3.16. The van der Waals surface area contributed by atoms with Crippen LogP contribution < -0.4 is 10.6 Å². The number of carbonyl (C=O) groups excluding carboxylic acids is 1. The Balaban J connectivity index is 1.63. The number of hydrogen-bond acceptors (Lipinski definition) is 4. The van der Waals surface area contributed by atoms with Gasteiger partial charge in [0.25, 0.3) is 5.91 Å². The fourth-order valence-corrected chi connectivity index (χ4v) is 3.16. The molecule has 156 valence electrons. The Labute approximate surface area is 169 Å². The van der Waals surface area contributed by atoms with Crippen molar-refractivity contribution in [3.8, 4) is 0 Å². The van der Waals surface area contributed by atoms with Gasteiger partial charge in [0.05, 0.1) is 13.2 Å². The van der Waals surface area contributed by atoms with E-state index in [-0.39, 0.29) is 5.91 Å². The quantitative estimate of drug-likeness (QED) is 0.377. The molecular formula is C21H35N5O2. The van der Waals surface area contributed by atoms with Gasteiger partial charge in [-0.25, -0.2) is 0 Å². The van der Waals surface area contributed by atoms with E-state index in [9.17, 15) is 4.79 Å². The number of nitrogens with zero attached hydrogens (tertiary/aromatic N) is 3. The lowest BCUT2D eigenvalue weighted by Gasteiger charge is -2.26. The van der Waals surface area contributed by atoms with Crippen LogP contribution in [-0.4, -0.2) is 88.7 Å². The molecule has 1 aliphatic heterocycles. The highest BCUT2D eigenvalue weighted by Gasteiger charge is 2.09. The first kappa shape index (κ1) is 22.2. The van der Waals surface area contributed by atoms with Crippen molar-refractivity contribution in [2.45, 2.75) is 19.3 Å². The van der Waals surface area contributed by atoms with Crippen LogP contribution in [0.2, 0.25) is 0 Å². The number of morpholine rings is 1.